The maximum Gasteiger partial charge on any atom is 0.424 e. The molecule has 5 aliphatic rings. The number of aromatic amines is 2. The van der Waals surface area contributed by atoms with E-state index in [-0.39, 0.29) is 46.1 Å². The zero-order valence-corrected chi connectivity index (χ0v) is 40.8. The Labute approximate surface area is 401 Å². The van der Waals surface area contributed by atoms with Crippen molar-refractivity contribution < 1.29 is 28.7 Å². The standard InChI is InChI=1S/C52H65N9O8/c1-27(2)42(56-50(66)68-6)48(64)59-20-10-12-39(59)44-55-38-17-15-31(24-34(38)47(63)57-44)41-29(5)22-32(35-25-52(26-36(35)41)18-8-9-19-52)30-14-16-37-33(23-30)46(62)58-45(54-37)40-13-11-21-60(40)49(65)43(28(3)4)61(53)51(67)69-7/h14-17,23-24,27-29,39-40,42-43H,8-13,18-22,25-26,53H2,1-7H3,(H,56,66)(H,54,58,62)(H,55,57,63)/t29?,39-,40-,42-,43-/m0/s1. The SMILES string of the molecule is COC(=O)N[C@H](C(=O)N1CCC[C@H]1c1nc2ccc(C3=C4CC5(CCCC5)CC4=C(c4ccc5nc([C@@H]6CCCN6C(=O)[C@H](C(C)C)N(N)C(=O)OC)[nH]c(=O)c5c4)CC3C)cc2c(=O)[nH]1)C(C)C. The lowest BCUT2D eigenvalue weighted by molar-refractivity contribution is -0.139. The summed E-state index contributed by atoms with van der Waals surface area (Å²) in [7, 11) is 2.49. The van der Waals surface area contributed by atoms with E-state index in [1.165, 1.54) is 49.4 Å². The van der Waals surface area contributed by atoms with Gasteiger partial charge in [-0.3, -0.25) is 19.2 Å². The van der Waals surface area contributed by atoms with Crippen LogP contribution in [-0.4, -0.2) is 98.1 Å². The van der Waals surface area contributed by atoms with Crippen molar-refractivity contribution in [1.29, 1.82) is 0 Å². The molecule has 4 amide bonds. The minimum absolute atomic E-state index is 0.100. The molecule has 4 heterocycles. The Kier molecular flexibility index (Phi) is 13.0. The summed E-state index contributed by atoms with van der Waals surface area (Å²) in [5.41, 5.74) is 7.87. The number of carbonyl (C=O) groups is 4. The van der Waals surface area contributed by atoms with Gasteiger partial charge in [-0.2, -0.15) is 0 Å². The van der Waals surface area contributed by atoms with Gasteiger partial charge in [0.25, 0.3) is 11.1 Å². The van der Waals surface area contributed by atoms with Crippen molar-refractivity contribution in [2.24, 2.45) is 29.0 Å². The molecule has 1 spiro atoms. The molecule has 0 radical (unpaired) electrons. The molecule has 1 unspecified atom stereocenters. The third kappa shape index (κ3) is 8.71. The Balaban J connectivity index is 1.04. The highest BCUT2D eigenvalue weighted by atomic mass is 16.5. The number of amides is 4. The van der Waals surface area contributed by atoms with Crippen LogP contribution in [0.25, 0.3) is 33.0 Å². The first kappa shape index (κ1) is 47.7. The number of benzene rings is 2. The van der Waals surface area contributed by atoms with Crippen LogP contribution in [0.2, 0.25) is 0 Å². The second kappa shape index (κ2) is 18.9. The molecule has 17 heteroatoms. The summed E-state index contributed by atoms with van der Waals surface area (Å²) >= 11 is 0. The molecule has 9 rings (SSSR count). The number of ether oxygens (including phenoxy) is 2. The summed E-state index contributed by atoms with van der Waals surface area (Å²) in [6.45, 7) is 10.5. The van der Waals surface area contributed by atoms with Crippen molar-refractivity contribution in [3.63, 3.8) is 0 Å². The number of H-pyrrole nitrogens is 2. The predicted molar refractivity (Wildman–Crippen MR) is 261 cm³/mol. The van der Waals surface area contributed by atoms with E-state index in [0.29, 0.717) is 65.8 Å². The van der Waals surface area contributed by atoms with Crippen molar-refractivity contribution in [3.05, 3.63) is 91.0 Å². The smallest absolute Gasteiger partial charge is 0.424 e. The van der Waals surface area contributed by atoms with Gasteiger partial charge >= 0.3 is 12.2 Å². The first-order valence-electron chi connectivity index (χ1n) is 24.6. The normalized spacial score (nSPS) is 22.0. The Bertz CT molecular complexity index is 2910. The Hall–Kier alpha value is -6.36. The highest BCUT2D eigenvalue weighted by Gasteiger charge is 2.46. The van der Waals surface area contributed by atoms with Crippen LogP contribution >= 0.6 is 0 Å². The molecule has 366 valence electrons. The average Bonchev–Trinajstić information content (AvgIpc) is 4.18. The van der Waals surface area contributed by atoms with Crippen LogP contribution in [0.5, 0.6) is 0 Å². The van der Waals surface area contributed by atoms with Crippen LogP contribution < -0.4 is 22.3 Å². The topological polar surface area (TPSA) is 226 Å². The first-order valence-corrected chi connectivity index (χ1v) is 24.6. The number of nitrogens with zero attached hydrogens (tertiary/aromatic N) is 5. The molecule has 69 heavy (non-hydrogen) atoms. The van der Waals surface area contributed by atoms with E-state index >= 15 is 0 Å². The molecule has 4 aromatic rings. The van der Waals surface area contributed by atoms with Crippen LogP contribution in [0.15, 0.2) is 57.1 Å². The molecule has 2 aromatic carbocycles. The summed E-state index contributed by atoms with van der Waals surface area (Å²) in [6.07, 6.45) is 8.56. The fourth-order valence-corrected chi connectivity index (χ4v) is 12.2. The van der Waals surface area contributed by atoms with E-state index in [0.717, 1.165) is 54.7 Å². The molecule has 5 atom stereocenters. The van der Waals surface area contributed by atoms with Gasteiger partial charge in [-0.25, -0.2) is 30.4 Å². The van der Waals surface area contributed by atoms with Crippen LogP contribution in [-0.2, 0) is 19.1 Å². The number of hydrazine groups is 1. The van der Waals surface area contributed by atoms with Gasteiger partial charge in [-0.1, -0.05) is 59.6 Å². The molecule has 2 saturated heterocycles. The van der Waals surface area contributed by atoms with Crippen LogP contribution in [0, 0.1) is 23.2 Å². The zero-order chi connectivity index (χ0) is 49.1. The number of alkyl carbamates (subject to hydrolysis) is 1. The van der Waals surface area contributed by atoms with Gasteiger partial charge in [0, 0.05) is 13.1 Å². The Morgan fingerprint density at radius 1 is 0.754 bits per heavy atom. The van der Waals surface area contributed by atoms with Crippen molar-refractivity contribution in [3.8, 4) is 0 Å². The average molecular weight is 944 g/mol. The quantitative estimate of drug-likeness (QED) is 0.0694. The van der Waals surface area contributed by atoms with Crippen LogP contribution in [0.4, 0.5) is 9.59 Å². The van der Waals surface area contributed by atoms with Gasteiger partial charge < -0.3 is 34.6 Å². The predicted octanol–water partition coefficient (Wildman–Crippen LogP) is 7.44. The largest absolute Gasteiger partial charge is 0.453 e. The Morgan fingerprint density at radius 2 is 1.30 bits per heavy atom. The molecular weight excluding hydrogens is 879 g/mol. The minimum atomic E-state index is -0.954. The van der Waals surface area contributed by atoms with Gasteiger partial charge in [0.2, 0.25) is 11.8 Å². The number of rotatable bonds is 10. The zero-order valence-electron chi connectivity index (χ0n) is 40.8. The summed E-state index contributed by atoms with van der Waals surface area (Å²) < 4.78 is 9.61. The molecular formula is C52H65N9O8. The molecule has 2 aromatic heterocycles. The van der Waals surface area contributed by atoms with E-state index in [2.05, 4.69) is 34.3 Å². The Morgan fingerprint density at radius 3 is 1.86 bits per heavy atom. The number of hydrogen-bond acceptors (Lipinski definition) is 11. The van der Waals surface area contributed by atoms with E-state index in [9.17, 15) is 28.8 Å². The summed E-state index contributed by atoms with van der Waals surface area (Å²) in [5.74, 6) is 5.98. The number of nitrogens with two attached hydrogens (primary N) is 1. The van der Waals surface area contributed by atoms with Crippen molar-refractivity contribution >= 4 is 57.0 Å². The van der Waals surface area contributed by atoms with Crippen molar-refractivity contribution in [1.82, 2.24) is 40.1 Å². The molecule has 3 aliphatic carbocycles. The lowest BCUT2D eigenvalue weighted by Gasteiger charge is -2.34. The van der Waals surface area contributed by atoms with Gasteiger partial charge in [0.15, 0.2) is 0 Å². The van der Waals surface area contributed by atoms with Gasteiger partial charge in [0.05, 0.1) is 48.1 Å². The number of fused-ring (bicyclic) bond motifs is 3. The molecule has 4 fully saturated rings. The van der Waals surface area contributed by atoms with Gasteiger partial charge in [-0.15, -0.1) is 0 Å². The van der Waals surface area contributed by atoms with Crippen molar-refractivity contribution in [2.45, 2.75) is 129 Å². The fraction of sp³-hybridized carbons (Fsp3) is 0.538. The number of hydrogen-bond donors (Lipinski definition) is 4. The van der Waals surface area contributed by atoms with Crippen LogP contribution in [0.3, 0.4) is 0 Å². The number of aromatic nitrogens is 4. The number of carbonyl (C=O) groups excluding carboxylic acids is 4. The lowest BCUT2D eigenvalue weighted by Crippen LogP contribution is -2.56. The minimum Gasteiger partial charge on any atom is -0.453 e. The first-order chi connectivity index (χ1) is 33.0. The van der Waals surface area contributed by atoms with Crippen molar-refractivity contribution in [2.75, 3.05) is 27.3 Å². The van der Waals surface area contributed by atoms with E-state index in [1.54, 1.807) is 9.80 Å². The maximum absolute atomic E-state index is 14.1. The third-order valence-electron chi connectivity index (χ3n) is 15.6. The van der Waals surface area contributed by atoms with Crippen LogP contribution in [0.1, 0.15) is 140 Å². The van der Waals surface area contributed by atoms with E-state index < -0.39 is 36.4 Å². The molecule has 0 bridgehead atoms. The molecule has 2 aliphatic heterocycles. The number of likely N-dealkylation sites (tertiary alicyclic amines) is 2. The summed E-state index contributed by atoms with van der Waals surface area (Å²) in [6, 6.07) is 9.26. The summed E-state index contributed by atoms with van der Waals surface area (Å²) in [5, 5.41) is 4.48. The van der Waals surface area contributed by atoms with Gasteiger partial charge in [-0.05, 0) is 139 Å². The lowest BCUT2D eigenvalue weighted by atomic mass is 9.75. The van der Waals surface area contributed by atoms with E-state index in [4.69, 9.17) is 25.3 Å². The van der Waals surface area contributed by atoms with Gasteiger partial charge in [0.1, 0.15) is 23.7 Å². The van der Waals surface area contributed by atoms with E-state index in [1.807, 2.05) is 52.0 Å². The number of allylic oxidation sites excluding steroid dienone is 4. The fourth-order valence-electron chi connectivity index (χ4n) is 12.2. The maximum atomic E-state index is 14.1. The number of nitrogens with one attached hydrogen (secondary N) is 3. The highest BCUT2D eigenvalue weighted by molar-refractivity contribution is 5.92. The second-order valence-electron chi connectivity index (χ2n) is 20.7. The number of methoxy groups -OCH3 is 2. The third-order valence-corrected chi connectivity index (χ3v) is 15.6. The second-order valence-corrected chi connectivity index (χ2v) is 20.7. The molecule has 5 N–H and O–H groups in total. The molecule has 2 saturated carbocycles. The highest BCUT2D eigenvalue weighted by Crippen LogP contribution is 2.61. The molecule has 17 nitrogen and oxygen atoms in total. The summed E-state index contributed by atoms with van der Waals surface area (Å²) in [4.78, 5) is 99.8. The monoisotopic (exact) mass is 943 g/mol.